The molecule has 1 unspecified atom stereocenters. The normalized spacial score (nSPS) is 15.8. The molecule has 1 aliphatic rings. The van der Waals surface area contributed by atoms with Crippen LogP contribution in [0.2, 0.25) is 0 Å². The monoisotopic (exact) mass is 361 g/mol. The van der Waals surface area contributed by atoms with Crippen molar-refractivity contribution in [1.29, 1.82) is 0 Å². The number of aromatic nitrogens is 4. The van der Waals surface area contributed by atoms with Gasteiger partial charge in [-0.2, -0.15) is 5.10 Å². The Labute approximate surface area is 154 Å². The topological polar surface area (TPSA) is 75.3 Å². The number of aromatic hydroxyl groups is 1. The maximum absolute atomic E-state index is 13.6. The number of anilines is 1. The summed E-state index contributed by atoms with van der Waals surface area (Å²) in [5.41, 5.74) is 4.45. The smallest absolute Gasteiger partial charge is 0.225 e. The summed E-state index contributed by atoms with van der Waals surface area (Å²) in [6.07, 6.45) is 6.10. The average molecular weight is 361 g/mol. The van der Waals surface area contributed by atoms with Crippen LogP contribution in [0.15, 0.2) is 55.0 Å². The van der Waals surface area contributed by atoms with Gasteiger partial charge in [-0.05, 0) is 54.3 Å². The lowest BCUT2D eigenvalue weighted by Gasteiger charge is -2.15. The summed E-state index contributed by atoms with van der Waals surface area (Å²) in [5, 5.41) is 17.5. The predicted octanol–water partition coefficient (Wildman–Crippen LogP) is 3.22. The molecule has 0 aliphatic heterocycles. The molecule has 0 saturated heterocycles. The number of hydrogen-bond donors (Lipinski definition) is 2. The van der Waals surface area contributed by atoms with Crippen molar-refractivity contribution >= 4 is 11.5 Å². The fourth-order valence-electron chi connectivity index (χ4n) is 3.62. The van der Waals surface area contributed by atoms with Gasteiger partial charge in [0, 0.05) is 17.8 Å². The quantitative estimate of drug-likeness (QED) is 0.586. The number of nitrogens with one attached hydrogen (secondary N) is 1. The Morgan fingerprint density at radius 2 is 1.96 bits per heavy atom. The average Bonchev–Trinajstić information content (AvgIpc) is 3.27. The van der Waals surface area contributed by atoms with Crippen molar-refractivity contribution in [3.8, 4) is 17.0 Å². The summed E-state index contributed by atoms with van der Waals surface area (Å²) in [4.78, 5) is 8.58. The van der Waals surface area contributed by atoms with E-state index in [-0.39, 0.29) is 11.8 Å². The van der Waals surface area contributed by atoms with E-state index in [4.69, 9.17) is 0 Å². The van der Waals surface area contributed by atoms with E-state index in [0.717, 1.165) is 23.9 Å². The van der Waals surface area contributed by atoms with Gasteiger partial charge in [0.05, 0.1) is 23.6 Å². The molecule has 1 atom stereocenters. The zero-order chi connectivity index (χ0) is 18.4. The molecule has 0 radical (unpaired) electrons. The largest absolute Gasteiger partial charge is 0.508 e. The molecule has 6 nitrogen and oxygen atoms in total. The molecule has 1 aliphatic carbocycles. The number of rotatable bonds is 3. The lowest BCUT2D eigenvalue weighted by molar-refractivity contribution is 0.474. The summed E-state index contributed by atoms with van der Waals surface area (Å²) < 4.78 is 15.3. The molecule has 5 rings (SSSR count). The number of phenolic OH excluding ortho intramolecular Hbond substituents is 1. The van der Waals surface area contributed by atoms with E-state index in [1.165, 1.54) is 17.8 Å². The molecule has 3 aromatic heterocycles. The molecule has 27 heavy (non-hydrogen) atoms. The van der Waals surface area contributed by atoms with Crippen LogP contribution >= 0.6 is 0 Å². The number of hydrogen-bond acceptors (Lipinski definition) is 5. The van der Waals surface area contributed by atoms with Crippen molar-refractivity contribution in [1.82, 2.24) is 19.6 Å². The van der Waals surface area contributed by atoms with Gasteiger partial charge in [-0.1, -0.05) is 6.07 Å². The second-order valence-electron chi connectivity index (χ2n) is 6.73. The molecular formula is C20H16FN5O. The van der Waals surface area contributed by atoms with E-state index in [1.807, 2.05) is 24.3 Å². The predicted molar refractivity (Wildman–Crippen MR) is 99.1 cm³/mol. The van der Waals surface area contributed by atoms with Crippen LogP contribution in [-0.4, -0.2) is 30.7 Å². The fourth-order valence-corrected chi connectivity index (χ4v) is 3.62. The summed E-state index contributed by atoms with van der Waals surface area (Å²) >= 11 is 0. The zero-order valence-electron chi connectivity index (χ0n) is 14.3. The van der Waals surface area contributed by atoms with Crippen molar-refractivity contribution in [3.63, 3.8) is 0 Å². The van der Waals surface area contributed by atoms with Crippen molar-refractivity contribution in [2.75, 3.05) is 5.32 Å². The number of pyridine rings is 1. The zero-order valence-corrected chi connectivity index (χ0v) is 14.3. The lowest BCUT2D eigenvalue weighted by atomic mass is 10.1. The first-order valence-electron chi connectivity index (χ1n) is 8.69. The van der Waals surface area contributed by atoms with E-state index in [2.05, 4.69) is 20.4 Å². The SMILES string of the molecule is Oc1ccc2c(c1)CC(Nc1nc(-c3cncc(F)c3)cc3ccnn13)C2. The van der Waals surface area contributed by atoms with Gasteiger partial charge in [0.2, 0.25) is 5.95 Å². The summed E-state index contributed by atoms with van der Waals surface area (Å²) in [6, 6.07) is 10.8. The molecular weight excluding hydrogens is 345 g/mol. The standard InChI is InChI=1S/C20H16FN5O/c21-15-5-14(10-22-11-15)19-9-17-3-4-23-26(17)20(25-19)24-16-6-12-1-2-18(27)8-13(12)7-16/h1-5,8-11,16,27H,6-7H2,(H,24,25). The molecule has 0 amide bonds. The maximum atomic E-state index is 13.6. The molecule has 7 heteroatoms. The minimum atomic E-state index is -0.400. The van der Waals surface area contributed by atoms with Gasteiger partial charge in [-0.25, -0.2) is 13.9 Å². The van der Waals surface area contributed by atoms with Crippen molar-refractivity contribution in [2.45, 2.75) is 18.9 Å². The molecule has 4 aromatic rings. The Balaban J connectivity index is 1.51. The molecule has 1 aromatic carbocycles. The number of halogens is 1. The van der Waals surface area contributed by atoms with Gasteiger partial charge in [0.25, 0.3) is 0 Å². The van der Waals surface area contributed by atoms with Gasteiger partial charge < -0.3 is 10.4 Å². The molecule has 0 fully saturated rings. The molecule has 134 valence electrons. The van der Waals surface area contributed by atoms with Gasteiger partial charge in [-0.3, -0.25) is 4.98 Å². The third kappa shape index (κ3) is 2.87. The number of benzene rings is 1. The van der Waals surface area contributed by atoms with E-state index in [9.17, 15) is 9.50 Å². The van der Waals surface area contributed by atoms with Crippen LogP contribution in [0.3, 0.4) is 0 Å². The van der Waals surface area contributed by atoms with Crippen LogP contribution in [0.5, 0.6) is 5.75 Å². The van der Waals surface area contributed by atoms with Gasteiger partial charge in [-0.15, -0.1) is 0 Å². The van der Waals surface area contributed by atoms with Crippen LogP contribution in [0, 0.1) is 5.82 Å². The Morgan fingerprint density at radius 1 is 1.07 bits per heavy atom. The maximum Gasteiger partial charge on any atom is 0.225 e. The van der Waals surface area contributed by atoms with E-state index in [0.29, 0.717) is 17.2 Å². The summed E-state index contributed by atoms with van der Waals surface area (Å²) in [5.74, 6) is 0.477. The first kappa shape index (κ1) is 15.7. The number of phenols is 1. The third-order valence-electron chi connectivity index (χ3n) is 4.84. The second-order valence-corrected chi connectivity index (χ2v) is 6.73. The van der Waals surface area contributed by atoms with Gasteiger partial charge in [0.15, 0.2) is 0 Å². The van der Waals surface area contributed by atoms with E-state index < -0.39 is 5.82 Å². The van der Waals surface area contributed by atoms with Crippen LogP contribution in [0.1, 0.15) is 11.1 Å². The lowest BCUT2D eigenvalue weighted by Crippen LogP contribution is -2.22. The fraction of sp³-hybridized carbons (Fsp3) is 0.150. The Kier molecular flexibility index (Phi) is 3.53. The van der Waals surface area contributed by atoms with Crippen LogP contribution in [-0.2, 0) is 12.8 Å². The Morgan fingerprint density at radius 3 is 2.85 bits per heavy atom. The third-order valence-corrected chi connectivity index (χ3v) is 4.84. The summed E-state index contributed by atoms with van der Waals surface area (Å²) in [7, 11) is 0. The molecule has 0 spiro atoms. The molecule has 2 N–H and O–H groups in total. The Bertz CT molecular complexity index is 1160. The van der Waals surface area contributed by atoms with Gasteiger partial charge >= 0.3 is 0 Å². The van der Waals surface area contributed by atoms with Crippen molar-refractivity contribution < 1.29 is 9.50 Å². The van der Waals surface area contributed by atoms with Crippen molar-refractivity contribution in [2.24, 2.45) is 0 Å². The van der Waals surface area contributed by atoms with Crippen LogP contribution < -0.4 is 5.32 Å². The number of fused-ring (bicyclic) bond motifs is 2. The highest BCUT2D eigenvalue weighted by Crippen LogP contribution is 2.28. The highest BCUT2D eigenvalue weighted by molar-refractivity contribution is 5.67. The first-order chi connectivity index (χ1) is 13.2. The molecule has 0 saturated carbocycles. The molecule has 3 heterocycles. The number of nitrogens with zero attached hydrogens (tertiary/aromatic N) is 4. The van der Waals surface area contributed by atoms with Crippen LogP contribution in [0.25, 0.3) is 16.8 Å². The first-order valence-corrected chi connectivity index (χ1v) is 8.69. The molecule has 0 bridgehead atoms. The second kappa shape index (κ2) is 6.05. The Hall–Kier alpha value is -3.48. The van der Waals surface area contributed by atoms with E-state index >= 15 is 0 Å². The van der Waals surface area contributed by atoms with E-state index in [1.54, 1.807) is 23.0 Å². The summed E-state index contributed by atoms with van der Waals surface area (Å²) in [6.45, 7) is 0. The van der Waals surface area contributed by atoms with Crippen molar-refractivity contribution in [3.05, 3.63) is 71.9 Å². The van der Waals surface area contributed by atoms with Gasteiger partial charge in [0.1, 0.15) is 11.6 Å². The highest BCUT2D eigenvalue weighted by Gasteiger charge is 2.23. The minimum absolute atomic E-state index is 0.141. The highest BCUT2D eigenvalue weighted by atomic mass is 19.1. The minimum Gasteiger partial charge on any atom is -0.508 e. The van der Waals surface area contributed by atoms with Crippen LogP contribution in [0.4, 0.5) is 10.3 Å².